The van der Waals surface area contributed by atoms with Crippen LogP contribution in [0.15, 0.2) is 60.7 Å². The number of hydrogen-bond acceptors (Lipinski definition) is 6. The Bertz CT molecular complexity index is 957. The maximum absolute atomic E-state index is 13.5. The van der Waals surface area contributed by atoms with Crippen LogP contribution in [0.2, 0.25) is 0 Å². The van der Waals surface area contributed by atoms with E-state index in [0.29, 0.717) is 25.8 Å². The maximum atomic E-state index is 13.5. The van der Waals surface area contributed by atoms with Crippen molar-refractivity contribution in [2.45, 2.75) is 71.6 Å². The molecule has 7 nitrogen and oxygen atoms in total. The summed E-state index contributed by atoms with van der Waals surface area (Å²) in [5, 5.41) is 3.15. The van der Waals surface area contributed by atoms with Gasteiger partial charge in [0.25, 0.3) is 0 Å². The molecule has 196 valence electrons. The van der Waals surface area contributed by atoms with Crippen LogP contribution in [0.3, 0.4) is 0 Å². The zero-order chi connectivity index (χ0) is 26.6. The summed E-state index contributed by atoms with van der Waals surface area (Å²) in [6, 6.07) is 18.3. The van der Waals surface area contributed by atoms with Crippen LogP contribution in [0, 0.1) is 0 Å². The monoisotopic (exact) mass is 496 g/mol. The number of carbonyl (C=O) groups is 3. The number of nitrogens with zero attached hydrogens (tertiary/aromatic N) is 1. The quantitative estimate of drug-likeness (QED) is 0.423. The smallest absolute Gasteiger partial charge is 0.326 e. The van der Waals surface area contributed by atoms with Crippen molar-refractivity contribution in [3.63, 3.8) is 0 Å². The summed E-state index contributed by atoms with van der Waals surface area (Å²) in [7, 11) is 0. The van der Waals surface area contributed by atoms with E-state index in [0.717, 1.165) is 11.1 Å². The molecule has 36 heavy (non-hydrogen) atoms. The van der Waals surface area contributed by atoms with Crippen molar-refractivity contribution in [2.24, 2.45) is 0 Å². The van der Waals surface area contributed by atoms with E-state index >= 15 is 0 Å². The number of rotatable bonds is 13. The number of benzene rings is 2. The second-order valence-electron chi connectivity index (χ2n) is 9.80. The van der Waals surface area contributed by atoms with E-state index in [4.69, 9.17) is 9.47 Å². The molecule has 2 atom stereocenters. The highest BCUT2D eigenvalue weighted by Crippen LogP contribution is 2.11. The summed E-state index contributed by atoms with van der Waals surface area (Å²) in [6.45, 7) is 9.29. The molecule has 1 N–H and O–H groups in total. The van der Waals surface area contributed by atoms with E-state index in [1.807, 2.05) is 60.7 Å². The normalized spacial score (nSPS) is 12.9. The summed E-state index contributed by atoms with van der Waals surface area (Å²) in [6.07, 6.45) is 1.74. The minimum atomic E-state index is -0.701. The predicted octanol–water partition coefficient (Wildman–Crippen LogP) is 3.94. The number of aryl methyl sites for hydroxylation is 1. The maximum Gasteiger partial charge on any atom is 0.326 e. The lowest BCUT2D eigenvalue weighted by Gasteiger charge is -2.29. The van der Waals surface area contributed by atoms with Crippen molar-refractivity contribution in [1.82, 2.24) is 10.2 Å². The molecule has 0 heterocycles. The van der Waals surface area contributed by atoms with Gasteiger partial charge >= 0.3 is 11.9 Å². The van der Waals surface area contributed by atoms with E-state index in [-0.39, 0.29) is 19.1 Å². The van der Waals surface area contributed by atoms with E-state index in [9.17, 15) is 14.4 Å². The van der Waals surface area contributed by atoms with E-state index in [2.05, 4.69) is 5.32 Å². The standard InChI is InChI=1S/C29H40N2O5/c1-6-35-28(34)25(18-17-23-13-9-7-10-14-23)30-22(2)27(33)31(21-26(32)36-29(3,4)5)20-19-24-15-11-8-12-16-24/h7-16,22,25,30H,6,17-21H2,1-5H3/t22-,25-/m0/s1. The van der Waals surface area contributed by atoms with E-state index in [1.54, 1.807) is 34.6 Å². The van der Waals surface area contributed by atoms with Gasteiger partial charge < -0.3 is 14.4 Å². The van der Waals surface area contributed by atoms with Gasteiger partial charge in [-0.15, -0.1) is 0 Å². The molecule has 0 unspecified atom stereocenters. The summed E-state index contributed by atoms with van der Waals surface area (Å²) >= 11 is 0. The van der Waals surface area contributed by atoms with Gasteiger partial charge in [0.1, 0.15) is 18.2 Å². The third-order valence-electron chi connectivity index (χ3n) is 5.52. The molecular formula is C29H40N2O5. The molecule has 0 radical (unpaired) electrons. The van der Waals surface area contributed by atoms with Crippen LogP contribution in [0.5, 0.6) is 0 Å². The van der Waals surface area contributed by atoms with Crippen molar-refractivity contribution in [2.75, 3.05) is 19.7 Å². The second-order valence-corrected chi connectivity index (χ2v) is 9.80. The van der Waals surface area contributed by atoms with Crippen molar-refractivity contribution >= 4 is 17.8 Å². The Morgan fingerprint density at radius 1 is 0.917 bits per heavy atom. The minimum Gasteiger partial charge on any atom is -0.465 e. The Kier molecular flexibility index (Phi) is 11.6. The molecule has 0 aliphatic carbocycles. The first kappa shape index (κ1) is 29.0. The largest absolute Gasteiger partial charge is 0.465 e. The number of amides is 1. The molecule has 0 fully saturated rings. The van der Waals surface area contributed by atoms with Crippen molar-refractivity contribution in [3.8, 4) is 0 Å². The number of ether oxygens (including phenoxy) is 2. The number of carbonyl (C=O) groups excluding carboxylic acids is 3. The fraction of sp³-hybridized carbons (Fsp3) is 0.483. The Hall–Kier alpha value is -3.19. The fourth-order valence-corrected chi connectivity index (χ4v) is 3.82. The van der Waals surface area contributed by atoms with Gasteiger partial charge in [-0.2, -0.15) is 0 Å². The molecule has 2 rings (SSSR count). The van der Waals surface area contributed by atoms with Crippen molar-refractivity contribution in [3.05, 3.63) is 71.8 Å². The first-order valence-electron chi connectivity index (χ1n) is 12.6. The zero-order valence-corrected chi connectivity index (χ0v) is 22.2. The van der Waals surface area contributed by atoms with Crippen LogP contribution < -0.4 is 5.32 Å². The molecule has 0 spiro atoms. The molecule has 0 bridgehead atoms. The molecule has 0 saturated carbocycles. The van der Waals surface area contributed by atoms with Gasteiger partial charge in [0.2, 0.25) is 5.91 Å². The van der Waals surface area contributed by atoms with Gasteiger partial charge in [-0.1, -0.05) is 60.7 Å². The predicted molar refractivity (Wildman–Crippen MR) is 140 cm³/mol. The summed E-state index contributed by atoms with van der Waals surface area (Å²) < 4.78 is 10.7. The fourth-order valence-electron chi connectivity index (χ4n) is 3.82. The van der Waals surface area contributed by atoms with E-state index < -0.39 is 29.6 Å². The SMILES string of the molecule is CCOC(=O)[C@H](CCc1ccccc1)N[C@@H](C)C(=O)N(CCc1ccccc1)CC(=O)OC(C)(C)C. The molecule has 1 amide bonds. The molecule has 0 saturated heterocycles. The van der Waals surface area contributed by atoms with Crippen LogP contribution in [0.4, 0.5) is 0 Å². The van der Waals surface area contributed by atoms with Crippen LogP contribution in [0.25, 0.3) is 0 Å². The van der Waals surface area contributed by atoms with Crippen LogP contribution in [-0.2, 0) is 36.7 Å². The third kappa shape index (κ3) is 10.6. The molecule has 0 aromatic heterocycles. The Morgan fingerprint density at radius 2 is 1.47 bits per heavy atom. The van der Waals surface area contributed by atoms with Gasteiger partial charge in [-0.3, -0.25) is 19.7 Å². The third-order valence-corrected chi connectivity index (χ3v) is 5.52. The summed E-state index contributed by atoms with van der Waals surface area (Å²) in [5.41, 5.74) is 1.51. The second kappa shape index (κ2) is 14.4. The Balaban J connectivity index is 2.11. The first-order valence-corrected chi connectivity index (χ1v) is 12.6. The number of nitrogens with one attached hydrogen (secondary N) is 1. The van der Waals surface area contributed by atoms with E-state index in [1.165, 1.54) is 4.90 Å². The van der Waals surface area contributed by atoms with Gasteiger partial charge in [-0.05, 0) is 65.0 Å². The van der Waals surface area contributed by atoms with Crippen LogP contribution in [-0.4, -0.2) is 60.1 Å². The highest BCUT2D eigenvalue weighted by Gasteiger charge is 2.29. The van der Waals surface area contributed by atoms with Gasteiger partial charge in [0.05, 0.1) is 12.6 Å². The number of esters is 2. The molecule has 0 aliphatic heterocycles. The topological polar surface area (TPSA) is 84.9 Å². The van der Waals surface area contributed by atoms with Crippen molar-refractivity contribution < 1.29 is 23.9 Å². The van der Waals surface area contributed by atoms with Crippen LogP contribution in [0.1, 0.15) is 52.2 Å². The molecule has 2 aromatic rings. The molecule has 2 aromatic carbocycles. The summed E-state index contributed by atoms with van der Waals surface area (Å²) in [5.74, 6) is -1.14. The average Bonchev–Trinajstić information content (AvgIpc) is 2.84. The highest BCUT2D eigenvalue weighted by molar-refractivity contribution is 5.86. The van der Waals surface area contributed by atoms with Crippen molar-refractivity contribution in [1.29, 1.82) is 0 Å². The van der Waals surface area contributed by atoms with Gasteiger partial charge in [0, 0.05) is 6.54 Å². The molecule has 0 aliphatic rings. The molecular weight excluding hydrogens is 456 g/mol. The zero-order valence-electron chi connectivity index (χ0n) is 22.2. The summed E-state index contributed by atoms with van der Waals surface area (Å²) in [4.78, 5) is 40.2. The lowest BCUT2D eigenvalue weighted by molar-refractivity contribution is -0.159. The lowest BCUT2D eigenvalue weighted by Crippen LogP contribution is -2.52. The minimum absolute atomic E-state index is 0.164. The van der Waals surface area contributed by atoms with Gasteiger partial charge in [0.15, 0.2) is 0 Å². The first-order chi connectivity index (χ1) is 17.1. The lowest BCUT2D eigenvalue weighted by atomic mass is 10.0. The average molecular weight is 497 g/mol. The highest BCUT2D eigenvalue weighted by atomic mass is 16.6. The van der Waals surface area contributed by atoms with Crippen LogP contribution >= 0.6 is 0 Å². The Labute approximate surface area is 215 Å². The number of hydrogen-bond donors (Lipinski definition) is 1. The van der Waals surface area contributed by atoms with Gasteiger partial charge in [-0.25, -0.2) is 0 Å². The Morgan fingerprint density at radius 3 is 2.00 bits per heavy atom. The molecule has 7 heteroatoms.